The number of unbranched alkanes of at least 4 members (excludes halogenated alkanes) is 31. The van der Waals surface area contributed by atoms with E-state index >= 15 is 0 Å². The van der Waals surface area contributed by atoms with Gasteiger partial charge in [0.15, 0.2) is 0 Å². The van der Waals surface area contributed by atoms with E-state index in [-0.39, 0.29) is 0 Å². The summed E-state index contributed by atoms with van der Waals surface area (Å²) in [5.41, 5.74) is 0. The monoisotopic (exact) mass is 826 g/mol. The van der Waals surface area contributed by atoms with Crippen molar-refractivity contribution in [3.63, 3.8) is 0 Å². The highest BCUT2D eigenvalue weighted by Crippen LogP contribution is 2.29. The quantitative estimate of drug-likeness (QED) is 0.0457. The van der Waals surface area contributed by atoms with Crippen molar-refractivity contribution >= 4 is 0 Å². The Hall–Kier alpha value is -0.790. The topological polar surface area (TPSA) is 8.81 Å². The van der Waals surface area contributed by atoms with Crippen LogP contribution in [0.25, 0.3) is 0 Å². The summed E-state index contributed by atoms with van der Waals surface area (Å²) in [4.78, 5) is 0. The number of aromatic nitrogens is 2. The van der Waals surface area contributed by atoms with Gasteiger partial charge in [0.1, 0.15) is 18.4 Å². The molecule has 0 radical (unpaired) electrons. The third-order valence-electron chi connectivity index (χ3n) is 14.5. The number of aryl methyl sites for hydroxylation is 1. The summed E-state index contributed by atoms with van der Waals surface area (Å²) in [7, 11) is 2.22. The van der Waals surface area contributed by atoms with Crippen molar-refractivity contribution in [2.75, 3.05) is 0 Å². The molecular weight excluding hydrogens is 713 g/mol. The molecular formula is C57H113N2+. The van der Waals surface area contributed by atoms with Gasteiger partial charge in [0.2, 0.25) is 0 Å². The summed E-state index contributed by atoms with van der Waals surface area (Å²) in [5, 5.41) is 0. The van der Waals surface area contributed by atoms with E-state index in [1.807, 2.05) is 0 Å². The second-order valence-electron chi connectivity index (χ2n) is 20.9. The fraction of sp³-hybridized carbons (Fsp3) is 0.947. The van der Waals surface area contributed by atoms with Gasteiger partial charge in [-0.05, 0) is 43.4 Å². The molecule has 0 amide bonds. The van der Waals surface area contributed by atoms with Crippen LogP contribution in [-0.4, -0.2) is 4.57 Å². The van der Waals surface area contributed by atoms with Crippen LogP contribution in [0.4, 0.5) is 0 Å². The van der Waals surface area contributed by atoms with E-state index in [1.165, 1.54) is 282 Å². The van der Waals surface area contributed by atoms with Crippen molar-refractivity contribution in [3.8, 4) is 0 Å². The standard InChI is InChI=1S/C57H113N2/c1-8-10-12-14-16-18-20-22-24-26-28-30-32-34-36-38-45-56(46-39-37-35-33-31-29-27-25-23-21-19-17-15-13-11-9-2)47-40-41-48-57(59-52-51-58(7)55(59)6)50-49-54(5)44-42-43-53(3)4/h51-54,56-57H,8-50H2,1-7H3/q+1. The first-order valence-corrected chi connectivity index (χ1v) is 27.9. The highest BCUT2D eigenvalue weighted by molar-refractivity contribution is 4.85. The molecule has 2 nitrogen and oxygen atoms in total. The van der Waals surface area contributed by atoms with Crippen LogP contribution in [0.5, 0.6) is 0 Å². The van der Waals surface area contributed by atoms with Crippen molar-refractivity contribution in [1.29, 1.82) is 0 Å². The Morgan fingerprint density at radius 2 is 0.729 bits per heavy atom. The predicted molar refractivity (Wildman–Crippen MR) is 267 cm³/mol. The summed E-state index contributed by atoms with van der Waals surface area (Å²) in [6.45, 7) is 14.2. The Bertz CT molecular complexity index is 926. The third kappa shape index (κ3) is 35.4. The van der Waals surface area contributed by atoms with Crippen LogP contribution >= 0.6 is 0 Å². The SMILES string of the molecule is CCCCCCCCCCCCCCCCCCC(CCCCCCCCCCCCCCCCCC)CCCCC(CCC(C)CCCC(C)C)n1cc[n+](C)c1C. The number of nitrogens with zero attached hydrogens (tertiary/aromatic N) is 2. The summed E-state index contributed by atoms with van der Waals surface area (Å²) in [6, 6.07) is 0.669. The van der Waals surface area contributed by atoms with E-state index in [0.717, 1.165) is 17.8 Å². The third-order valence-corrected chi connectivity index (χ3v) is 14.5. The largest absolute Gasteiger partial charge is 0.253 e. The Kier molecular flexibility index (Phi) is 40.5. The first-order chi connectivity index (χ1) is 28.9. The van der Waals surface area contributed by atoms with Crippen LogP contribution in [0.15, 0.2) is 12.4 Å². The van der Waals surface area contributed by atoms with Crippen molar-refractivity contribution in [1.82, 2.24) is 4.57 Å². The van der Waals surface area contributed by atoms with E-state index in [4.69, 9.17) is 0 Å². The average Bonchev–Trinajstić information content (AvgIpc) is 3.56. The van der Waals surface area contributed by atoms with Crippen LogP contribution in [0.3, 0.4) is 0 Å². The first-order valence-electron chi connectivity index (χ1n) is 27.9. The van der Waals surface area contributed by atoms with Crippen LogP contribution in [0, 0.1) is 24.7 Å². The summed E-state index contributed by atoms with van der Waals surface area (Å²) in [5.74, 6) is 4.09. The summed E-state index contributed by atoms with van der Waals surface area (Å²) in [6.07, 6.45) is 67.3. The minimum atomic E-state index is 0.669. The molecule has 0 fully saturated rings. The molecule has 0 saturated carbocycles. The van der Waals surface area contributed by atoms with Crippen molar-refractivity contribution in [2.45, 2.75) is 324 Å². The molecule has 0 spiro atoms. The Morgan fingerprint density at radius 3 is 1.07 bits per heavy atom. The molecule has 350 valence electrons. The molecule has 59 heavy (non-hydrogen) atoms. The Labute approximate surface area is 374 Å². The van der Waals surface area contributed by atoms with Crippen LogP contribution in [0.2, 0.25) is 0 Å². The Balaban J connectivity index is 2.39. The van der Waals surface area contributed by atoms with Gasteiger partial charge in [-0.3, -0.25) is 0 Å². The minimum absolute atomic E-state index is 0.669. The number of hydrogen-bond donors (Lipinski definition) is 0. The zero-order valence-corrected chi connectivity index (χ0v) is 42.3. The molecule has 1 aromatic heterocycles. The fourth-order valence-electron chi connectivity index (χ4n) is 10.1. The molecule has 1 rings (SSSR count). The molecule has 0 aliphatic carbocycles. The first kappa shape index (κ1) is 56.2. The zero-order valence-electron chi connectivity index (χ0n) is 42.3. The summed E-state index contributed by atoms with van der Waals surface area (Å²) >= 11 is 0. The van der Waals surface area contributed by atoms with Crippen molar-refractivity contribution in [3.05, 3.63) is 18.2 Å². The van der Waals surface area contributed by atoms with Gasteiger partial charge in [-0.15, -0.1) is 0 Å². The van der Waals surface area contributed by atoms with Crippen LogP contribution in [-0.2, 0) is 7.05 Å². The molecule has 0 aliphatic heterocycles. The lowest BCUT2D eigenvalue weighted by atomic mass is 9.88. The maximum absolute atomic E-state index is 2.63. The Morgan fingerprint density at radius 1 is 0.390 bits per heavy atom. The predicted octanol–water partition coefficient (Wildman–Crippen LogP) is 19.9. The van der Waals surface area contributed by atoms with E-state index in [9.17, 15) is 0 Å². The van der Waals surface area contributed by atoms with Crippen molar-refractivity contribution < 1.29 is 4.57 Å². The van der Waals surface area contributed by atoms with Gasteiger partial charge in [-0.25, -0.2) is 9.13 Å². The lowest BCUT2D eigenvalue weighted by molar-refractivity contribution is -0.677. The molecule has 0 saturated heterocycles. The van der Waals surface area contributed by atoms with Crippen molar-refractivity contribution in [2.24, 2.45) is 24.8 Å². The normalized spacial score (nSPS) is 13.0. The lowest BCUT2D eigenvalue weighted by Crippen LogP contribution is -2.30. The second kappa shape index (κ2) is 42.5. The highest BCUT2D eigenvalue weighted by atomic mass is 15.1. The van der Waals surface area contributed by atoms with Gasteiger partial charge in [-0.1, -0.05) is 285 Å². The molecule has 0 bridgehead atoms. The van der Waals surface area contributed by atoms with Gasteiger partial charge in [0, 0.05) is 6.92 Å². The molecule has 0 N–H and O–H groups in total. The van der Waals surface area contributed by atoms with E-state index in [0.29, 0.717) is 6.04 Å². The number of hydrogen-bond acceptors (Lipinski definition) is 0. The minimum Gasteiger partial charge on any atom is -0.237 e. The molecule has 0 aromatic carbocycles. The maximum atomic E-state index is 2.63. The van der Waals surface area contributed by atoms with Gasteiger partial charge in [-0.2, -0.15) is 0 Å². The van der Waals surface area contributed by atoms with Gasteiger partial charge < -0.3 is 0 Å². The second-order valence-corrected chi connectivity index (χ2v) is 20.9. The lowest BCUT2D eigenvalue weighted by Gasteiger charge is -2.20. The smallest absolute Gasteiger partial charge is 0.237 e. The zero-order chi connectivity index (χ0) is 42.9. The van der Waals surface area contributed by atoms with Gasteiger partial charge in [0.05, 0.1) is 7.05 Å². The molecule has 2 heteroatoms. The molecule has 2 unspecified atom stereocenters. The van der Waals surface area contributed by atoms with E-state index in [1.54, 1.807) is 0 Å². The average molecular weight is 827 g/mol. The fourth-order valence-corrected chi connectivity index (χ4v) is 10.1. The van der Waals surface area contributed by atoms with Gasteiger partial charge in [0.25, 0.3) is 5.82 Å². The van der Waals surface area contributed by atoms with E-state index in [2.05, 4.69) is 70.1 Å². The van der Waals surface area contributed by atoms with Crippen LogP contribution < -0.4 is 4.57 Å². The molecule has 1 heterocycles. The summed E-state index contributed by atoms with van der Waals surface area (Å²) < 4.78 is 4.95. The van der Waals surface area contributed by atoms with Gasteiger partial charge >= 0.3 is 0 Å². The molecule has 2 atom stereocenters. The molecule has 0 aliphatic rings. The molecule has 1 aromatic rings. The van der Waals surface area contributed by atoms with Crippen LogP contribution in [0.1, 0.15) is 323 Å². The highest BCUT2D eigenvalue weighted by Gasteiger charge is 2.21. The maximum Gasteiger partial charge on any atom is 0.253 e. The number of imidazole rings is 1. The van der Waals surface area contributed by atoms with E-state index < -0.39 is 0 Å². The number of rotatable bonds is 47.